The van der Waals surface area contributed by atoms with Crippen molar-refractivity contribution in [2.75, 3.05) is 0 Å². The van der Waals surface area contributed by atoms with Crippen molar-refractivity contribution in [3.63, 3.8) is 0 Å². The highest BCUT2D eigenvalue weighted by Gasteiger charge is 2.16. The number of rotatable bonds is 7. The fourth-order valence-corrected chi connectivity index (χ4v) is 3.69. The number of halogens is 1. The van der Waals surface area contributed by atoms with Gasteiger partial charge in [-0.15, -0.1) is 11.3 Å². The molecule has 1 aromatic carbocycles. The minimum Gasteiger partial charge on any atom is -0.388 e. The Labute approximate surface area is 124 Å². The second kappa shape index (κ2) is 7.19. The summed E-state index contributed by atoms with van der Waals surface area (Å²) in [6.45, 7) is 4.39. The van der Waals surface area contributed by atoms with E-state index in [0.717, 1.165) is 27.8 Å². The minimum atomic E-state index is -0.419. The monoisotopic (exact) mass is 294 g/mol. The molecule has 0 fully saturated rings. The second-order valence-corrected chi connectivity index (χ2v) is 6.61. The lowest BCUT2D eigenvalue weighted by Gasteiger charge is -2.17. The van der Waals surface area contributed by atoms with Crippen LogP contribution in [0, 0.1) is 11.7 Å². The van der Waals surface area contributed by atoms with Crippen molar-refractivity contribution in [1.82, 2.24) is 0 Å². The molecule has 1 N–H and O–H groups in total. The van der Waals surface area contributed by atoms with Crippen molar-refractivity contribution >= 4 is 21.4 Å². The second-order valence-electron chi connectivity index (χ2n) is 5.50. The van der Waals surface area contributed by atoms with E-state index in [-0.39, 0.29) is 5.82 Å². The molecular formula is C17H23FOS. The molecule has 0 aliphatic carbocycles. The standard InChI is InChI=1S/C17H23FOS/c1-3-5-6-12(4-2)9-15(19)17-10-13-7-8-14(18)11-16(13)20-17/h7-8,10-12,15,19H,3-6,9H2,1-2H3. The summed E-state index contributed by atoms with van der Waals surface area (Å²) >= 11 is 1.51. The molecule has 0 aliphatic rings. The molecule has 0 saturated carbocycles. The Balaban J connectivity index is 2.08. The van der Waals surface area contributed by atoms with E-state index < -0.39 is 6.10 Å². The molecule has 2 aromatic rings. The van der Waals surface area contributed by atoms with Crippen molar-refractivity contribution in [3.05, 3.63) is 35.0 Å². The number of unbranched alkanes of at least 4 members (excludes halogenated alkanes) is 1. The van der Waals surface area contributed by atoms with E-state index in [0.29, 0.717) is 5.92 Å². The van der Waals surface area contributed by atoms with Crippen LogP contribution in [0.25, 0.3) is 10.1 Å². The first kappa shape index (κ1) is 15.5. The first-order chi connectivity index (χ1) is 9.63. The van der Waals surface area contributed by atoms with Crippen LogP contribution in [0.5, 0.6) is 0 Å². The number of aliphatic hydroxyl groups excluding tert-OH is 1. The van der Waals surface area contributed by atoms with Crippen molar-refractivity contribution in [2.24, 2.45) is 5.92 Å². The molecule has 3 heteroatoms. The van der Waals surface area contributed by atoms with Crippen LogP contribution in [-0.4, -0.2) is 5.11 Å². The zero-order valence-electron chi connectivity index (χ0n) is 12.2. The molecule has 1 aromatic heterocycles. The Bertz CT molecular complexity index is 549. The van der Waals surface area contributed by atoms with Gasteiger partial charge in [0.25, 0.3) is 0 Å². The van der Waals surface area contributed by atoms with Gasteiger partial charge < -0.3 is 5.11 Å². The van der Waals surface area contributed by atoms with Gasteiger partial charge in [-0.2, -0.15) is 0 Å². The van der Waals surface area contributed by atoms with Gasteiger partial charge in [-0.3, -0.25) is 0 Å². The Morgan fingerprint density at radius 1 is 1.25 bits per heavy atom. The maximum Gasteiger partial charge on any atom is 0.124 e. The molecule has 2 rings (SSSR count). The van der Waals surface area contributed by atoms with Gasteiger partial charge in [0.1, 0.15) is 5.82 Å². The zero-order valence-corrected chi connectivity index (χ0v) is 13.0. The van der Waals surface area contributed by atoms with Gasteiger partial charge in [0.05, 0.1) is 6.10 Å². The summed E-state index contributed by atoms with van der Waals surface area (Å²) in [4.78, 5) is 0.959. The number of fused-ring (bicyclic) bond motifs is 1. The fourth-order valence-electron chi connectivity index (χ4n) is 2.60. The predicted octanol–water partition coefficient (Wildman–Crippen LogP) is 5.68. The number of aliphatic hydroxyl groups is 1. The summed E-state index contributed by atoms with van der Waals surface area (Å²) in [6.07, 6.45) is 5.11. The molecular weight excluding hydrogens is 271 g/mol. The molecule has 110 valence electrons. The van der Waals surface area contributed by atoms with Gasteiger partial charge in [-0.1, -0.05) is 45.6 Å². The van der Waals surface area contributed by atoms with Crippen LogP contribution >= 0.6 is 11.3 Å². The van der Waals surface area contributed by atoms with Gasteiger partial charge in [0.2, 0.25) is 0 Å². The maximum atomic E-state index is 13.2. The normalized spacial score (nSPS) is 14.6. The average Bonchev–Trinajstić information content (AvgIpc) is 2.86. The molecule has 20 heavy (non-hydrogen) atoms. The highest BCUT2D eigenvalue weighted by atomic mass is 32.1. The zero-order chi connectivity index (χ0) is 14.5. The largest absolute Gasteiger partial charge is 0.388 e. The number of benzene rings is 1. The lowest BCUT2D eigenvalue weighted by molar-refractivity contribution is 0.142. The first-order valence-corrected chi connectivity index (χ1v) is 8.32. The van der Waals surface area contributed by atoms with Crippen molar-refractivity contribution in [1.29, 1.82) is 0 Å². The Morgan fingerprint density at radius 3 is 2.75 bits per heavy atom. The van der Waals surface area contributed by atoms with Gasteiger partial charge in [0, 0.05) is 9.58 Å². The number of thiophene rings is 1. The van der Waals surface area contributed by atoms with Gasteiger partial charge in [-0.25, -0.2) is 4.39 Å². The van der Waals surface area contributed by atoms with Gasteiger partial charge in [0.15, 0.2) is 0 Å². The van der Waals surface area contributed by atoms with E-state index in [1.807, 2.05) is 6.07 Å². The van der Waals surface area contributed by atoms with Crippen molar-refractivity contribution < 1.29 is 9.50 Å². The van der Waals surface area contributed by atoms with Crippen LogP contribution in [0.3, 0.4) is 0 Å². The summed E-state index contributed by atoms with van der Waals surface area (Å²) in [5.41, 5.74) is 0. The van der Waals surface area contributed by atoms with Crippen LogP contribution in [-0.2, 0) is 0 Å². The van der Waals surface area contributed by atoms with Crippen LogP contribution in [0.4, 0.5) is 4.39 Å². The third kappa shape index (κ3) is 3.80. The van der Waals surface area contributed by atoms with Gasteiger partial charge >= 0.3 is 0 Å². The lowest BCUT2D eigenvalue weighted by atomic mass is 9.92. The third-order valence-corrected chi connectivity index (χ3v) is 5.13. The predicted molar refractivity (Wildman–Crippen MR) is 84.7 cm³/mol. The first-order valence-electron chi connectivity index (χ1n) is 7.51. The number of hydrogen-bond acceptors (Lipinski definition) is 2. The molecule has 1 nitrogen and oxygen atoms in total. The Hall–Kier alpha value is -0.930. The highest BCUT2D eigenvalue weighted by Crippen LogP contribution is 2.34. The van der Waals surface area contributed by atoms with Gasteiger partial charge in [-0.05, 0) is 35.9 Å². The molecule has 0 spiro atoms. The maximum absolute atomic E-state index is 13.2. The quantitative estimate of drug-likeness (QED) is 0.696. The van der Waals surface area contributed by atoms with E-state index in [9.17, 15) is 9.50 Å². The van der Waals surface area contributed by atoms with E-state index in [2.05, 4.69) is 13.8 Å². The summed E-state index contributed by atoms with van der Waals surface area (Å²) in [7, 11) is 0. The summed E-state index contributed by atoms with van der Waals surface area (Å²) in [5, 5.41) is 11.4. The van der Waals surface area contributed by atoms with Crippen molar-refractivity contribution in [3.8, 4) is 0 Å². The van der Waals surface area contributed by atoms with Crippen molar-refractivity contribution in [2.45, 2.75) is 52.1 Å². The highest BCUT2D eigenvalue weighted by molar-refractivity contribution is 7.19. The average molecular weight is 294 g/mol. The molecule has 0 radical (unpaired) electrons. The topological polar surface area (TPSA) is 20.2 Å². The number of hydrogen-bond donors (Lipinski definition) is 1. The summed E-state index contributed by atoms with van der Waals surface area (Å²) in [6, 6.07) is 6.80. The smallest absolute Gasteiger partial charge is 0.124 e. The van der Waals surface area contributed by atoms with E-state index in [4.69, 9.17) is 0 Å². The fraction of sp³-hybridized carbons (Fsp3) is 0.529. The van der Waals surface area contributed by atoms with Crippen LogP contribution < -0.4 is 0 Å². The molecule has 1 heterocycles. The molecule has 0 aliphatic heterocycles. The molecule has 0 amide bonds. The van der Waals surface area contributed by atoms with Crippen LogP contribution in [0.1, 0.15) is 56.9 Å². The van der Waals surface area contributed by atoms with E-state index >= 15 is 0 Å². The van der Waals surface area contributed by atoms with E-state index in [1.54, 1.807) is 12.1 Å². The Kier molecular flexibility index (Phi) is 5.55. The van der Waals surface area contributed by atoms with Crippen LogP contribution in [0.2, 0.25) is 0 Å². The third-order valence-electron chi connectivity index (χ3n) is 3.93. The minimum absolute atomic E-state index is 0.213. The molecule has 2 atom stereocenters. The summed E-state index contributed by atoms with van der Waals surface area (Å²) < 4.78 is 14.1. The Morgan fingerprint density at radius 2 is 2.05 bits per heavy atom. The van der Waals surface area contributed by atoms with E-state index in [1.165, 1.54) is 36.7 Å². The van der Waals surface area contributed by atoms with Crippen LogP contribution in [0.15, 0.2) is 24.3 Å². The summed E-state index contributed by atoms with van der Waals surface area (Å²) in [5.74, 6) is 0.363. The molecule has 2 unspecified atom stereocenters. The lowest BCUT2D eigenvalue weighted by Crippen LogP contribution is -2.05. The molecule has 0 bridgehead atoms. The SMILES string of the molecule is CCCCC(CC)CC(O)c1cc2ccc(F)cc2s1. The molecule has 0 saturated heterocycles.